The molecule has 1 aliphatic heterocycles. The highest BCUT2D eigenvalue weighted by atomic mass is 35.5. The smallest absolute Gasteiger partial charge is 0.163 e. The molecule has 0 spiro atoms. The van der Waals surface area contributed by atoms with E-state index in [9.17, 15) is 4.39 Å². The molecule has 1 aromatic heterocycles. The molecule has 0 radical (unpaired) electrons. The zero-order chi connectivity index (χ0) is 22.7. The normalized spacial score (nSPS) is 17.0. The topological polar surface area (TPSA) is 68.7 Å². The number of morpholine rings is 1. The van der Waals surface area contributed by atoms with Crippen molar-refractivity contribution in [1.82, 2.24) is 14.9 Å². The van der Waals surface area contributed by atoms with Crippen molar-refractivity contribution in [3.63, 3.8) is 0 Å². The standard InChI is InChI=1S/C23H26ClFN4O3/c1-14(2)29-6-7-31-16(11-29)12-32-22-10-20-17(9-21(22)30-3)23(27-13-26-20)28-19-5-4-15(24)8-18(19)25/h4-5,8-10,13-14,16H,6-7,11-12H2,1-3H3,(H,26,27,28). The number of fused-ring (bicyclic) bond motifs is 1. The Labute approximate surface area is 191 Å². The van der Waals surface area contributed by atoms with Crippen molar-refractivity contribution in [2.45, 2.75) is 26.0 Å². The molecule has 1 aliphatic rings. The first-order chi connectivity index (χ1) is 15.4. The summed E-state index contributed by atoms with van der Waals surface area (Å²) in [5.74, 6) is 1.07. The van der Waals surface area contributed by atoms with Gasteiger partial charge in [0.15, 0.2) is 11.5 Å². The monoisotopic (exact) mass is 460 g/mol. The van der Waals surface area contributed by atoms with Crippen LogP contribution in [-0.2, 0) is 4.74 Å². The van der Waals surface area contributed by atoms with Crippen LogP contribution in [0.25, 0.3) is 10.9 Å². The van der Waals surface area contributed by atoms with Gasteiger partial charge in [0.05, 0.1) is 24.9 Å². The molecule has 3 aromatic rings. The van der Waals surface area contributed by atoms with Gasteiger partial charge in [-0.1, -0.05) is 11.6 Å². The van der Waals surface area contributed by atoms with Gasteiger partial charge >= 0.3 is 0 Å². The van der Waals surface area contributed by atoms with Gasteiger partial charge in [-0.05, 0) is 38.1 Å². The SMILES string of the molecule is COc1cc2c(Nc3ccc(Cl)cc3F)ncnc2cc1OCC1CN(C(C)C)CCO1. The lowest BCUT2D eigenvalue weighted by molar-refractivity contribution is -0.0566. The predicted molar refractivity (Wildman–Crippen MR) is 123 cm³/mol. The number of methoxy groups -OCH3 is 1. The molecule has 1 atom stereocenters. The fourth-order valence-corrected chi connectivity index (χ4v) is 3.81. The summed E-state index contributed by atoms with van der Waals surface area (Å²) >= 11 is 5.85. The quantitative estimate of drug-likeness (QED) is 0.549. The number of halogens is 2. The van der Waals surface area contributed by atoms with Crippen LogP contribution in [0, 0.1) is 5.82 Å². The molecule has 9 heteroatoms. The maximum Gasteiger partial charge on any atom is 0.163 e. The van der Waals surface area contributed by atoms with E-state index in [2.05, 4.69) is 34.0 Å². The van der Waals surface area contributed by atoms with Crippen molar-refractivity contribution in [3.8, 4) is 11.5 Å². The summed E-state index contributed by atoms with van der Waals surface area (Å²) in [6, 6.07) is 8.45. The summed E-state index contributed by atoms with van der Waals surface area (Å²) in [6.07, 6.45) is 1.39. The van der Waals surface area contributed by atoms with Gasteiger partial charge in [-0.3, -0.25) is 4.90 Å². The van der Waals surface area contributed by atoms with Gasteiger partial charge in [0.25, 0.3) is 0 Å². The van der Waals surface area contributed by atoms with Crippen LogP contribution in [0.2, 0.25) is 5.02 Å². The zero-order valence-corrected chi connectivity index (χ0v) is 19.0. The van der Waals surface area contributed by atoms with Crippen LogP contribution in [0.15, 0.2) is 36.7 Å². The minimum atomic E-state index is -0.473. The zero-order valence-electron chi connectivity index (χ0n) is 18.3. The highest BCUT2D eigenvalue weighted by Crippen LogP contribution is 2.35. The van der Waals surface area contributed by atoms with E-state index in [1.807, 2.05) is 0 Å². The van der Waals surface area contributed by atoms with Crippen LogP contribution in [0.4, 0.5) is 15.9 Å². The van der Waals surface area contributed by atoms with E-state index in [1.165, 1.54) is 12.4 Å². The van der Waals surface area contributed by atoms with E-state index in [-0.39, 0.29) is 11.8 Å². The third kappa shape index (κ3) is 5.03. The van der Waals surface area contributed by atoms with Gasteiger partial charge in [-0.15, -0.1) is 0 Å². The minimum Gasteiger partial charge on any atom is -0.493 e. The fraction of sp³-hybridized carbons (Fsp3) is 0.391. The summed E-state index contributed by atoms with van der Waals surface area (Å²) in [5, 5.41) is 4.00. The van der Waals surface area contributed by atoms with Crippen molar-refractivity contribution in [2.24, 2.45) is 0 Å². The van der Waals surface area contributed by atoms with Crippen LogP contribution in [0.5, 0.6) is 11.5 Å². The second-order valence-corrected chi connectivity index (χ2v) is 8.32. The van der Waals surface area contributed by atoms with Gasteiger partial charge in [-0.2, -0.15) is 0 Å². The summed E-state index contributed by atoms with van der Waals surface area (Å²) in [7, 11) is 1.57. The lowest BCUT2D eigenvalue weighted by atomic mass is 10.2. The number of nitrogens with zero attached hydrogens (tertiary/aromatic N) is 3. The fourth-order valence-electron chi connectivity index (χ4n) is 3.65. The first kappa shape index (κ1) is 22.5. The number of benzene rings is 2. The molecule has 1 saturated heterocycles. The molecule has 4 rings (SSSR count). The van der Waals surface area contributed by atoms with Crippen LogP contribution in [0.3, 0.4) is 0 Å². The Morgan fingerprint density at radius 1 is 1.25 bits per heavy atom. The third-order valence-electron chi connectivity index (χ3n) is 5.43. The van der Waals surface area contributed by atoms with Crippen molar-refractivity contribution < 1.29 is 18.6 Å². The lowest BCUT2D eigenvalue weighted by Crippen LogP contribution is -2.47. The number of aromatic nitrogens is 2. The Morgan fingerprint density at radius 3 is 2.84 bits per heavy atom. The second-order valence-electron chi connectivity index (χ2n) is 7.88. The first-order valence-electron chi connectivity index (χ1n) is 10.5. The van der Waals surface area contributed by atoms with Gasteiger partial charge in [0.1, 0.15) is 30.7 Å². The number of anilines is 2. The second kappa shape index (κ2) is 9.85. The molecular weight excluding hydrogens is 435 g/mol. The molecular formula is C23H26ClFN4O3. The number of ether oxygens (including phenoxy) is 3. The molecule has 0 amide bonds. The van der Waals surface area contributed by atoms with E-state index >= 15 is 0 Å². The first-order valence-corrected chi connectivity index (χ1v) is 10.9. The lowest BCUT2D eigenvalue weighted by Gasteiger charge is -2.35. The summed E-state index contributed by atoms with van der Waals surface area (Å²) < 4.78 is 31.7. The van der Waals surface area contributed by atoms with E-state index in [0.717, 1.165) is 13.1 Å². The molecule has 1 unspecified atom stereocenters. The third-order valence-corrected chi connectivity index (χ3v) is 5.67. The van der Waals surface area contributed by atoms with Crippen molar-refractivity contribution in [2.75, 3.05) is 38.7 Å². The highest BCUT2D eigenvalue weighted by molar-refractivity contribution is 6.30. The number of nitrogens with one attached hydrogen (secondary N) is 1. The maximum absolute atomic E-state index is 14.2. The Morgan fingerprint density at radius 2 is 2.09 bits per heavy atom. The predicted octanol–water partition coefficient (Wildman–Crippen LogP) is 4.66. The van der Waals surface area contributed by atoms with E-state index in [1.54, 1.807) is 31.4 Å². The van der Waals surface area contributed by atoms with Gasteiger partial charge < -0.3 is 19.5 Å². The van der Waals surface area contributed by atoms with Crippen molar-refractivity contribution >= 4 is 34.0 Å². The highest BCUT2D eigenvalue weighted by Gasteiger charge is 2.23. The molecule has 7 nitrogen and oxygen atoms in total. The Kier molecular flexibility index (Phi) is 6.93. The Balaban J connectivity index is 1.56. The van der Waals surface area contributed by atoms with Crippen LogP contribution >= 0.6 is 11.6 Å². The molecule has 32 heavy (non-hydrogen) atoms. The van der Waals surface area contributed by atoms with Crippen molar-refractivity contribution in [1.29, 1.82) is 0 Å². The molecule has 1 fully saturated rings. The number of rotatable bonds is 7. The largest absolute Gasteiger partial charge is 0.493 e. The van der Waals surface area contributed by atoms with Crippen molar-refractivity contribution in [3.05, 3.63) is 47.5 Å². The Bertz CT molecular complexity index is 1100. The minimum absolute atomic E-state index is 0.0259. The molecule has 0 saturated carbocycles. The molecule has 0 aliphatic carbocycles. The summed E-state index contributed by atoms with van der Waals surface area (Å²) in [6.45, 7) is 7.18. The van der Waals surface area contributed by atoms with Crippen LogP contribution < -0.4 is 14.8 Å². The summed E-state index contributed by atoms with van der Waals surface area (Å²) in [4.78, 5) is 11.0. The van der Waals surface area contributed by atoms with Gasteiger partial charge in [0.2, 0.25) is 0 Å². The molecule has 2 aromatic carbocycles. The van der Waals surface area contributed by atoms with E-state index < -0.39 is 5.82 Å². The van der Waals surface area contributed by atoms with Gasteiger partial charge in [-0.25, -0.2) is 14.4 Å². The molecule has 170 valence electrons. The van der Waals surface area contributed by atoms with Gasteiger partial charge in [0, 0.05) is 35.6 Å². The molecule has 2 heterocycles. The van der Waals surface area contributed by atoms with E-state index in [4.69, 9.17) is 25.8 Å². The molecule has 1 N–H and O–H groups in total. The summed E-state index contributed by atoms with van der Waals surface area (Å²) in [5.41, 5.74) is 0.902. The van der Waals surface area contributed by atoms with Crippen LogP contribution in [0.1, 0.15) is 13.8 Å². The number of hydrogen-bond donors (Lipinski definition) is 1. The maximum atomic E-state index is 14.2. The Hall–Kier alpha value is -2.68. The average Bonchev–Trinajstić information content (AvgIpc) is 2.79. The van der Waals surface area contributed by atoms with E-state index in [0.29, 0.717) is 52.5 Å². The number of hydrogen-bond acceptors (Lipinski definition) is 7. The molecule has 0 bridgehead atoms. The average molecular weight is 461 g/mol. The van der Waals surface area contributed by atoms with Crippen LogP contribution in [-0.4, -0.2) is 60.4 Å².